The molecule has 2 heterocycles. The summed E-state index contributed by atoms with van der Waals surface area (Å²) in [5, 5.41) is 24.4. The molecule has 3 fully saturated rings. The molecule has 2 saturated heterocycles. The molecule has 10 heteroatoms. The van der Waals surface area contributed by atoms with Crippen molar-refractivity contribution in [3.8, 4) is 0 Å². The maximum absolute atomic E-state index is 13.7. The first-order valence-electron chi connectivity index (χ1n) is 17.1. The number of hydrogen-bond donors (Lipinski definition) is 4. The molecule has 0 aromatic heterocycles. The van der Waals surface area contributed by atoms with Gasteiger partial charge in [-0.3, -0.25) is 19.3 Å². The number of piperidine rings is 1. The Bertz CT molecular complexity index is 1360. The predicted octanol–water partition coefficient (Wildman–Crippen LogP) is 5.14. The van der Waals surface area contributed by atoms with Crippen molar-refractivity contribution in [1.82, 2.24) is 15.5 Å². The zero-order valence-corrected chi connectivity index (χ0v) is 28.0. The lowest BCUT2D eigenvalue weighted by atomic mass is 9.75. The number of ether oxygens (including phenoxy) is 2. The van der Waals surface area contributed by atoms with Crippen molar-refractivity contribution in [2.75, 3.05) is 6.54 Å². The molecule has 0 radical (unpaired) electrons. The average molecular weight is 650 g/mol. The van der Waals surface area contributed by atoms with Crippen LogP contribution in [0, 0.1) is 5.92 Å². The number of fused-ring (bicyclic) bond motifs is 1. The van der Waals surface area contributed by atoms with E-state index in [0.717, 1.165) is 41.5 Å². The van der Waals surface area contributed by atoms with Crippen molar-refractivity contribution < 1.29 is 34.1 Å². The first kappa shape index (κ1) is 35.0. The van der Waals surface area contributed by atoms with Gasteiger partial charge in [0.15, 0.2) is 6.29 Å². The summed E-state index contributed by atoms with van der Waals surface area (Å²) in [6, 6.07) is 15.7. The summed E-state index contributed by atoms with van der Waals surface area (Å²) in [4.78, 5) is 38.9. The largest absolute Gasteiger partial charge is 0.481 e. The molecule has 10 nitrogen and oxygen atoms in total. The Balaban J connectivity index is 1.35. The molecule has 4 N–H and O–H groups in total. The zero-order chi connectivity index (χ0) is 33.6. The van der Waals surface area contributed by atoms with Gasteiger partial charge in [-0.05, 0) is 69.1 Å². The van der Waals surface area contributed by atoms with Crippen LogP contribution in [0.3, 0.4) is 0 Å². The first-order chi connectivity index (χ1) is 22.5. The Kier molecular flexibility index (Phi) is 11.7. The number of aliphatic hydroxyl groups excluding tert-OH is 1. The van der Waals surface area contributed by atoms with E-state index < -0.39 is 12.3 Å². The van der Waals surface area contributed by atoms with Gasteiger partial charge in [-0.25, -0.2) is 0 Å². The number of carboxylic acid groups (broad SMARTS) is 1. The normalized spacial score (nSPS) is 26.6. The summed E-state index contributed by atoms with van der Waals surface area (Å²) in [6.45, 7) is 6.98. The van der Waals surface area contributed by atoms with Gasteiger partial charge >= 0.3 is 5.97 Å². The highest BCUT2D eigenvalue weighted by atomic mass is 16.7. The first-order valence-corrected chi connectivity index (χ1v) is 17.1. The molecule has 1 saturated carbocycles. The van der Waals surface area contributed by atoms with Crippen LogP contribution in [0.1, 0.15) is 113 Å². The van der Waals surface area contributed by atoms with E-state index in [9.17, 15) is 19.5 Å². The van der Waals surface area contributed by atoms with E-state index in [-0.39, 0.29) is 55.1 Å². The quantitative estimate of drug-likeness (QED) is 0.263. The van der Waals surface area contributed by atoms with E-state index in [1.165, 1.54) is 19.3 Å². The van der Waals surface area contributed by atoms with Crippen LogP contribution in [0.2, 0.25) is 0 Å². The number of rotatable bonds is 11. The van der Waals surface area contributed by atoms with E-state index >= 15 is 0 Å². The predicted molar refractivity (Wildman–Crippen MR) is 177 cm³/mol. The molecule has 0 bridgehead atoms. The fraction of sp³-hybridized carbons (Fsp3) is 0.595. The molecule has 2 aromatic rings. The van der Waals surface area contributed by atoms with Crippen molar-refractivity contribution in [2.45, 2.75) is 128 Å². The number of hydrogen-bond acceptors (Lipinski definition) is 7. The lowest BCUT2D eigenvalue weighted by molar-refractivity contribution is -0.255. The second-order valence-electron chi connectivity index (χ2n) is 14.4. The van der Waals surface area contributed by atoms with Crippen LogP contribution < -0.4 is 10.6 Å². The van der Waals surface area contributed by atoms with Crippen molar-refractivity contribution in [3.05, 3.63) is 70.8 Å². The summed E-state index contributed by atoms with van der Waals surface area (Å²) in [6.07, 6.45) is 5.96. The lowest BCUT2D eigenvalue weighted by Crippen LogP contribution is -2.61. The van der Waals surface area contributed by atoms with Crippen LogP contribution in [0.15, 0.2) is 48.5 Å². The highest BCUT2D eigenvalue weighted by molar-refractivity contribution is 5.82. The fourth-order valence-electron chi connectivity index (χ4n) is 7.30. The maximum Gasteiger partial charge on any atom is 0.303 e. The van der Waals surface area contributed by atoms with Gasteiger partial charge in [0.1, 0.15) is 0 Å². The van der Waals surface area contributed by atoms with Gasteiger partial charge in [0.05, 0.1) is 31.3 Å². The second kappa shape index (κ2) is 15.7. The number of carbonyl (C=O) groups excluding carboxylic acids is 2. The van der Waals surface area contributed by atoms with Crippen LogP contribution in [0.4, 0.5) is 0 Å². The third-order valence-electron chi connectivity index (χ3n) is 9.64. The molecule has 1 aliphatic carbocycles. The molecule has 2 amide bonds. The van der Waals surface area contributed by atoms with Crippen molar-refractivity contribution in [3.63, 3.8) is 0 Å². The van der Waals surface area contributed by atoms with E-state index in [1.54, 1.807) is 0 Å². The third-order valence-corrected chi connectivity index (χ3v) is 9.64. The van der Waals surface area contributed by atoms with Crippen LogP contribution in [0.5, 0.6) is 0 Å². The van der Waals surface area contributed by atoms with E-state index in [1.807, 2.05) is 69.3 Å². The summed E-state index contributed by atoms with van der Waals surface area (Å²) in [5.74, 6) is -0.620. The molecule has 5 rings (SSSR count). The number of amides is 2. The van der Waals surface area contributed by atoms with Crippen LogP contribution in [-0.2, 0) is 37.0 Å². The maximum atomic E-state index is 13.7. The minimum Gasteiger partial charge on any atom is -0.481 e. The average Bonchev–Trinajstić information content (AvgIpc) is 3.06. The Labute approximate surface area is 278 Å². The van der Waals surface area contributed by atoms with Crippen molar-refractivity contribution in [1.29, 1.82) is 0 Å². The smallest absolute Gasteiger partial charge is 0.303 e. The minimum absolute atomic E-state index is 0.0257. The standard InChI is InChI=1S/C37H51N3O7/c1-37(2,3)39-35(45)31-17-16-26-6-4-5-7-30(26)40(31)22-29-20-32(27-12-10-25(23-41)11-13-27)47-36(46-29)28-14-8-24(9-15-28)21-38-33(42)18-19-34(43)44/h8-15,26,29-32,36,41H,4-7,16-23H2,1-3H3,(H,38,42)(H,39,45)(H,43,44). The van der Waals surface area contributed by atoms with Gasteiger partial charge in [-0.2, -0.15) is 0 Å². The van der Waals surface area contributed by atoms with Crippen molar-refractivity contribution >= 4 is 17.8 Å². The molecule has 2 aliphatic heterocycles. The lowest BCUT2D eigenvalue weighted by Gasteiger charge is -2.50. The number of aliphatic hydroxyl groups is 1. The van der Waals surface area contributed by atoms with Crippen molar-refractivity contribution in [2.24, 2.45) is 5.92 Å². The van der Waals surface area contributed by atoms with Crippen LogP contribution in [-0.4, -0.2) is 63.2 Å². The molecule has 3 aliphatic rings. The summed E-state index contributed by atoms with van der Waals surface area (Å²) in [7, 11) is 0. The van der Waals surface area contributed by atoms with Gasteiger partial charge in [-0.1, -0.05) is 61.4 Å². The third kappa shape index (κ3) is 9.63. The van der Waals surface area contributed by atoms with Gasteiger partial charge in [0, 0.05) is 43.1 Å². The number of nitrogens with zero attached hydrogens (tertiary/aromatic N) is 1. The van der Waals surface area contributed by atoms with E-state index in [4.69, 9.17) is 14.6 Å². The van der Waals surface area contributed by atoms with Crippen LogP contribution >= 0.6 is 0 Å². The Morgan fingerprint density at radius 3 is 2.23 bits per heavy atom. The molecular weight excluding hydrogens is 598 g/mol. The van der Waals surface area contributed by atoms with Gasteiger partial charge in [0.2, 0.25) is 11.8 Å². The number of aliphatic carboxylic acids is 1. The number of carboxylic acids is 1. The van der Waals surface area contributed by atoms with E-state index in [0.29, 0.717) is 31.5 Å². The topological polar surface area (TPSA) is 137 Å². The number of carbonyl (C=O) groups is 3. The highest BCUT2D eigenvalue weighted by Gasteiger charge is 2.44. The number of likely N-dealkylation sites (tertiary alicyclic amines) is 1. The van der Waals surface area contributed by atoms with E-state index in [2.05, 4.69) is 15.5 Å². The summed E-state index contributed by atoms with van der Waals surface area (Å²) < 4.78 is 13.3. The zero-order valence-electron chi connectivity index (χ0n) is 28.0. The molecule has 47 heavy (non-hydrogen) atoms. The van der Waals surface area contributed by atoms with Gasteiger partial charge in [-0.15, -0.1) is 0 Å². The van der Waals surface area contributed by atoms with Gasteiger partial charge in [0.25, 0.3) is 0 Å². The molecule has 2 aromatic carbocycles. The Morgan fingerprint density at radius 1 is 0.872 bits per heavy atom. The number of benzene rings is 2. The molecule has 6 atom stereocenters. The Hall–Kier alpha value is -3.31. The van der Waals surface area contributed by atoms with Gasteiger partial charge < -0.3 is 30.3 Å². The number of nitrogens with one attached hydrogen (secondary N) is 2. The SMILES string of the molecule is CC(C)(C)NC(=O)C1CCC2CCCCC2N1CC1CC(c2ccc(CO)cc2)OC(c2ccc(CNC(=O)CCC(=O)O)cc2)O1. The fourth-order valence-corrected chi connectivity index (χ4v) is 7.30. The highest BCUT2D eigenvalue weighted by Crippen LogP contribution is 2.42. The molecule has 0 spiro atoms. The van der Waals surface area contributed by atoms with Crippen LogP contribution in [0.25, 0.3) is 0 Å². The molecule has 6 unspecified atom stereocenters. The minimum atomic E-state index is -1.000. The molecular formula is C37H51N3O7. The molecule has 256 valence electrons. The second-order valence-corrected chi connectivity index (χ2v) is 14.4. The Morgan fingerprint density at radius 2 is 1.55 bits per heavy atom. The monoisotopic (exact) mass is 649 g/mol. The summed E-state index contributed by atoms with van der Waals surface area (Å²) >= 11 is 0. The summed E-state index contributed by atoms with van der Waals surface area (Å²) in [5.41, 5.74) is 3.27.